The largest absolute Gasteiger partial charge is 0.383 e. The van der Waals surface area contributed by atoms with Gasteiger partial charge in [0.1, 0.15) is 0 Å². The number of methoxy groups -OCH3 is 1. The molecule has 0 spiro atoms. The van der Waals surface area contributed by atoms with E-state index in [9.17, 15) is 4.79 Å². The van der Waals surface area contributed by atoms with Crippen molar-refractivity contribution in [1.29, 1.82) is 0 Å². The van der Waals surface area contributed by atoms with Gasteiger partial charge >= 0.3 is 0 Å². The Morgan fingerprint density at radius 1 is 1.73 bits per heavy atom. The molecule has 0 bridgehead atoms. The molecule has 1 heterocycles. The molecular weight excluding hydrogens is 142 g/mol. The number of hydrogen-bond acceptors (Lipinski definition) is 2. The van der Waals surface area contributed by atoms with Crippen LogP contribution in [0.25, 0.3) is 0 Å². The summed E-state index contributed by atoms with van der Waals surface area (Å²) >= 11 is 0. The predicted octanol–water partition coefficient (Wildman–Crippen LogP) is 0.644. The molecule has 1 unspecified atom stereocenters. The van der Waals surface area contributed by atoms with Crippen LogP contribution in [0.15, 0.2) is 0 Å². The highest BCUT2D eigenvalue weighted by Crippen LogP contribution is 2.16. The highest BCUT2D eigenvalue weighted by Gasteiger charge is 2.26. The molecule has 3 nitrogen and oxygen atoms in total. The molecule has 1 atom stereocenters. The Morgan fingerprint density at radius 2 is 2.45 bits per heavy atom. The van der Waals surface area contributed by atoms with Crippen LogP contribution in [0.1, 0.15) is 19.8 Å². The Morgan fingerprint density at radius 3 is 2.91 bits per heavy atom. The maximum Gasteiger partial charge on any atom is 0.222 e. The van der Waals surface area contributed by atoms with Gasteiger partial charge in [0.05, 0.1) is 6.61 Å². The molecule has 1 amide bonds. The maximum atomic E-state index is 11.2. The van der Waals surface area contributed by atoms with Gasteiger partial charge in [0.2, 0.25) is 5.91 Å². The lowest BCUT2D eigenvalue weighted by atomic mass is 10.2. The van der Waals surface area contributed by atoms with Crippen LogP contribution < -0.4 is 0 Å². The zero-order valence-electron chi connectivity index (χ0n) is 7.17. The van der Waals surface area contributed by atoms with Gasteiger partial charge in [-0.15, -0.1) is 0 Å². The second-order valence-corrected chi connectivity index (χ2v) is 2.97. The first-order chi connectivity index (χ1) is 5.25. The Hall–Kier alpha value is -0.570. The quantitative estimate of drug-likeness (QED) is 0.601. The second kappa shape index (κ2) is 3.72. The first kappa shape index (κ1) is 8.53. The predicted molar refractivity (Wildman–Crippen MR) is 42.3 cm³/mol. The lowest BCUT2D eigenvalue weighted by Gasteiger charge is -2.20. The number of amides is 1. The third kappa shape index (κ3) is 1.93. The molecule has 1 aliphatic heterocycles. The van der Waals surface area contributed by atoms with E-state index in [4.69, 9.17) is 4.74 Å². The molecule has 0 aromatic rings. The molecule has 11 heavy (non-hydrogen) atoms. The van der Waals surface area contributed by atoms with E-state index >= 15 is 0 Å². The van der Waals surface area contributed by atoms with E-state index < -0.39 is 0 Å². The smallest absolute Gasteiger partial charge is 0.222 e. The normalized spacial score (nSPS) is 24.7. The van der Waals surface area contributed by atoms with E-state index in [1.165, 1.54) is 0 Å². The summed E-state index contributed by atoms with van der Waals surface area (Å²) in [7, 11) is 1.66. The van der Waals surface area contributed by atoms with Crippen LogP contribution in [0, 0.1) is 0 Å². The first-order valence-electron chi connectivity index (χ1n) is 4.04. The molecule has 0 aliphatic carbocycles. The maximum absolute atomic E-state index is 11.2. The number of likely N-dealkylation sites (tertiary alicyclic amines) is 1. The number of nitrogens with zero attached hydrogens (tertiary/aromatic N) is 1. The minimum atomic E-state index is 0.273. The molecule has 1 rings (SSSR count). The van der Waals surface area contributed by atoms with Crippen molar-refractivity contribution in [1.82, 2.24) is 4.90 Å². The summed E-state index contributed by atoms with van der Waals surface area (Å²) < 4.78 is 4.91. The molecule has 1 saturated heterocycles. The molecule has 3 heteroatoms. The van der Waals surface area contributed by atoms with Crippen LogP contribution in [0.2, 0.25) is 0 Å². The van der Waals surface area contributed by atoms with Crippen LogP contribution in [-0.2, 0) is 9.53 Å². The van der Waals surface area contributed by atoms with Gasteiger partial charge in [-0.25, -0.2) is 0 Å². The number of rotatable bonds is 3. The summed E-state index contributed by atoms with van der Waals surface area (Å²) in [5.41, 5.74) is 0. The van der Waals surface area contributed by atoms with Gasteiger partial charge in [-0.1, -0.05) is 0 Å². The average molecular weight is 157 g/mol. The van der Waals surface area contributed by atoms with E-state index in [2.05, 4.69) is 6.92 Å². The minimum Gasteiger partial charge on any atom is -0.383 e. The van der Waals surface area contributed by atoms with E-state index in [0.29, 0.717) is 19.1 Å². The van der Waals surface area contributed by atoms with Crippen molar-refractivity contribution in [2.24, 2.45) is 0 Å². The van der Waals surface area contributed by atoms with Crippen LogP contribution in [0.3, 0.4) is 0 Å². The molecule has 0 radical (unpaired) electrons. The van der Waals surface area contributed by atoms with Crippen LogP contribution in [-0.4, -0.2) is 37.1 Å². The lowest BCUT2D eigenvalue weighted by Crippen LogP contribution is -2.33. The highest BCUT2D eigenvalue weighted by molar-refractivity contribution is 5.78. The van der Waals surface area contributed by atoms with Crippen molar-refractivity contribution in [2.45, 2.75) is 25.8 Å². The summed E-state index contributed by atoms with van der Waals surface area (Å²) in [4.78, 5) is 13.1. The van der Waals surface area contributed by atoms with Gasteiger partial charge in [0.25, 0.3) is 0 Å². The fourth-order valence-corrected chi connectivity index (χ4v) is 1.41. The zero-order valence-corrected chi connectivity index (χ0v) is 7.17. The summed E-state index contributed by atoms with van der Waals surface area (Å²) in [6.07, 6.45) is 1.72. The topological polar surface area (TPSA) is 29.5 Å². The molecule has 0 aromatic carbocycles. The van der Waals surface area contributed by atoms with E-state index in [-0.39, 0.29) is 5.91 Å². The first-order valence-corrected chi connectivity index (χ1v) is 4.04. The van der Waals surface area contributed by atoms with Gasteiger partial charge in [-0.05, 0) is 13.3 Å². The van der Waals surface area contributed by atoms with Gasteiger partial charge < -0.3 is 9.64 Å². The average Bonchev–Trinajstić information content (AvgIpc) is 2.29. The van der Waals surface area contributed by atoms with Crippen LogP contribution in [0.4, 0.5) is 0 Å². The monoisotopic (exact) mass is 157 g/mol. The SMILES string of the molecule is COCCN1C(=O)CCC1C. The Labute approximate surface area is 67.3 Å². The molecule has 1 aliphatic rings. The van der Waals surface area contributed by atoms with E-state index in [0.717, 1.165) is 13.0 Å². The zero-order chi connectivity index (χ0) is 8.27. The second-order valence-electron chi connectivity index (χ2n) is 2.97. The van der Waals surface area contributed by atoms with Crippen molar-refractivity contribution >= 4 is 5.91 Å². The standard InChI is InChI=1S/C8H15NO2/c1-7-3-4-8(10)9(7)5-6-11-2/h7H,3-6H2,1-2H3. The van der Waals surface area contributed by atoms with E-state index in [1.807, 2.05) is 4.90 Å². The van der Waals surface area contributed by atoms with Crippen molar-refractivity contribution in [2.75, 3.05) is 20.3 Å². The van der Waals surface area contributed by atoms with Gasteiger partial charge in [-0.3, -0.25) is 4.79 Å². The number of carbonyl (C=O) groups is 1. The fraction of sp³-hybridized carbons (Fsp3) is 0.875. The molecule has 1 fully saturated rings. The fourth-order valence-electron chi connectivity index (χ4n) is 1.41. The molecule has 0 saturated carbocycles. The van der Waals surface area contributed by atoms with Crippen molar-refractivity contribution in [3.05, 3.63) is 0 Å². The van der Waals surface area contributed by atoms with Gasteiger partial charge in [-0.2, -0.15) is 0 Å². The van der Waals surface area contributed by atoms with Crippen molar-refractivity contribution in [3.63, 3.8) is 0 Å². The number of carbonyl (C=O) groups excluding carboxylic acids is 1. The molecule has 0 aromatic heterocycles. The summed E-state index contributed by atoms with van der Waals surface area (Å²) in [5, 5.41) is 0. The molecule has 64 valence electrons. The summed E-state index contributed by atoms with van der Waals surface area (Å²) in [6, 6.07) is 0.414. The van der Waals surface area contributed by atoms with Crippen LogP contribution >= 0.6 is 0 Å². The lowest BCUT2D eigenvalue weighted by molar-refractivity contribution is -0.129. The highest BCUT2D eigenvalue weighted by atomic mass is 16.5. The minimum absolute atomic E-state index is 0.273. The third-order valence-corrected chi connectivity index (χ3v) is 2.16. The Balaban J connectivity index is 2.35. The Kier molecular flexibility index (Phi) is 2.88. The third-order valence-electron chi connectivity index (χ3n) is 2.16. The number of ether oxygens (including phenoxy) is 1. The van der Waals surface area contributed by atoms with E-state index in [1.54, 1.807) is 7.11 Å². The van der Waals surface area contributed by atoms with Gasteiger partial charge in [0, 0.05) is 26.1 Å². The van der Waals surface area contributed by atoms with Gasteiger partial charge in [0.15, 0.2) is 0 Å². The molecular formula is C8H15NO2. The van der Waals surface area contributed by atoms with Crippen molar-refractivity contribution < 1.29 is 9.53 Å². The summed E-state index contributed by atoms with van der Waals surface area (Å²) in [5.74, 6) is 0.273. The van der Waals surface area contributed by atoms with Crippen LogP contribution in [0.5, 0.6) is 0 Å². The Bertz CT molecular complexity index is 147. The van der Waals surface area contributed by atoms with Crippen molar-refractivity contribution in [3.8, 4) is 0 Å². The summed E-state index contributed by atoms with van der Waals surface area (Å²) in [6.45, 7) is 3.48. The molecule has 0 N–H and O–H groups in total. The number of hydrogen-bond donors (Lipinski definition) is 0.